The zero-order valence-corrected chi connectivity index (χ0v) is 12.6. The Morgan fingerprint density at radius 1 is 0.652 bits per heavy atom. The van der Waals surface area contributed by atoms with Gasteiger partial charge in [0.25, 0.3) is 0 Å². The average Bonchev–Trinajstić information content (AvgIpc) is 2.61. The minimum absolute atomic E-state index is 0.576. The molecule has 0 spiro atoms. The van der Waals surface area contributed by atoms with Gasteiger partial charge < -0.3 is 4.74 Å². The molecule has 0 unspecified atom stereocenters. The van der Waals surface area contributed by atoms with Crippen molar-refractivity contribution in [1.82, 2.24) is 9.97 Å². The van der Waals surface area contributed by atoms with Gasteiger partial charge in [0.2, 0.25) is 0 Å². The molecule has 112 valence electrons. The average molecular weight is 300 g/mol. The van der Waals surface area contributed by atoms with Crippen molar-refractivity contribution >= 4 is 21.8 Å². The molecule has 0 saturated heterocycles. The molecule has 0 bridgehead atoms. The highest BCUT2D eigenvalue weighted by Gasteiger charge is 2.00. The molecule has 0 amide bonds. The van der Waals surface area contributed by atoms with Crippen LogP contribution >= 0.6 is 0 Å². The fraction of sp³-hybridized carbons (Fsp3) is 0.100. The monoisotopic (exact) mass is 300 g/mol. The molecular formula is C20H16N2O. The van der Waals surface area contributed by atoms with Gasteiger partial charge in [0, 0.05) is 23.2 Å². The fourth-order valence-electron chi connectivity index (χ4n) is 2.69. The van der Waals surface area contributed by atoms with Crippen LogP contribution in [0.3, 0.4) is 0 Å². The van der Waals surface area contributed by atoms with E-state index in [9.17, 15) is 0 Å². The summed E-state index contributed by atoms with van der Waals surface area (Å²) in [6.45, 7) is 1.15. The number of rotatable bonds is 4. The first kappa shape index (κ1) is 13.9. The molecule has 0 aliphatic heterocycles. The lowest BCUT2D eigenvalue weighted by atomic mass is 10.1. The maximum Gasteiger partial charge on any atom is 0.0722 e. The van der Waals surface area contributed by atoms with Crippen LogP contribution in [0.5, 0.6) is 0 Å². The highest BCUT2D eigenvalue weighted by Crippen LogP contribution is 2.16. The second-order valence-corrected chi connectivity index (χ2v) is 5.55. The molecule has 0 radical (unpaired) electrons. The number of benzene rings is 2. The van der Waals surface area contributed by atoms with Crippen molar-refractivity contribution < 1.29 is 4.74 Å². The Bertz CT molecular complexity index is 886. The summed E-state index contributed by atoms with van der Waals surface area (Å²) in [6, 6.07) is 20.5. The summed E-state index contributed by atoms with van der Waals surface area (Å²) in [6.07, 6.45) is 3.63. The molecule has 2 aromatic carbocycles. The fourth-order valence-corrected chi connectivity index (χ4v) is 2.69. The second kappa shape index (κ2) is 6.15. The van der Waals surface area contributed by atoms with Crippen LogP contribution in [0.1, 0.15) is 11.1 Å². The first-order valence-electron chi connectivity index (χ1n) is 7.63. The van der Waals surface area contributed by atoms with Crippen molar-refractivity contribution in [2.24, 2.45) is 0 Å². The van der Waals surface area contributed by atoms with Crippen LogP contribution in [0.15, 0.2) is 73.1 Å². The lowest BCUT2D eigenvalue weighted by molar-refractivity contribution is 0.107. The molecule has 3 heteroatoms. The number of pyridine rings is 2. The number of hydrogen-bond acceptors (Lipinski definition) is 3. The smallest absolute Gasteiger partial charge is 0.0722 e. The van der Waals surface area contributed by atoms with E-state index in [0.717, 1.165) is 32.9 Å². The van der Waals surface area contributed by atoms with Gasteiger partial charge in [-0.15, -0.1) is 0 Å². The third kappa shape index (κ3) is 3.05. The van der Waals surface area contributed by atoms with Gasteiger partial charge in [-0.3, -0.25) is 9.97 Å². The van der Waals surface area contributed by atoms with E-state index in [4.69, 9.17) is 4.74 Å². The summed E-state index contributed by atoms with van der Waals surface area (Å²) >= 11 is 0. The molecule has 0 aliphatic rings. The van der Waals surface area contributed by atoms with Gasteiger partial charge in [0.15, 0.2) is 0 Å². The van der Waals surface area contributed by atoms with Crippen LogP contribution < -0.4 is 0 Å². The normalized spacial score (nSPS) is 11.1. The summed E-state index contributed by atoms with van der Waals surface area (Å²) in [5.74, 6) is 0. The highest BCUT2D eigenvalue weighted by molar-refractivity contribution is 5.79. The Balaban J connectivity index is 1.45. The predicted octanol–water partition coefficient (Wildman–Crippen LogP) is 4.50. The Hall–Kier alpha value is -2.78. The van der Waals surface area contributed by atoms with Crippen LogP contribution in [0.25, 0.3) is 21.8 Å². The van der Waals surface area contributed by atoms with Crippen molar-refractivity contribution in [2.75, 3.05) is 0 Å². The van der Waals surface area contributed by atoms with Crippen LogP contribution in [0.4, 0.5) is 0 Å². The lowest BCUT2D eigenvalue weighted by Gasteiger charge is -2.06. The number of aromatic nitrogens is 2. The van der Waals surface area contributed by atoms with E-state index in [0.29, 0.717) is 13.2 Å². The van der Waals surface area contributed by atoms with Gasteiger partial charge in [-0.25, -0.2) is 0 Å². The third-order valence-corrected chi connectivity index (χ3v) is 3.88. The van der Waals surface area contributed by atoms with E-state index in [-0.39, 0.29) is 0 Å². The van der Waals surface area contributed by atoms with Gasteiger partial charge in [0.1, 0.15) is 0 Å². The molecular weight excluding hydrogens is 284 g/mol. The van der Waals surface area contributed by atoms with Gasteiger partial charge in [0.05, 0.1) is 24.2 Å². The number of ether oxygens (including phenoxy) is 1. The predicted molar refractivity (Wildman–Crippen MR) is 92.0 cm³/mol. The zero-order chi connectivity index (χ0) is 15.5. The first-order chi connectivity index (χ1) is 11.4. The molecule has 0 aliphatic carbocycles. The van der Waals surface area contributed by atoms with E-state index >= 15 is 0 Å². The van der Waals surface area contributed by atoms with Crippen molar-refractivity contribution in [3.8, 4) is 0 Å². The number of hydrogen-bond donors (Lipinski definition) is 0. The maximum atomic E-state index is 5.85. The van der Waals surface area contributed by atoms with Crippen molar-refractivity contribution in [2.45, 2.75) is 13.2 Å². The van der Waals surface area contributed by atoms with Crippen LogP contribution in [-0.4, -0.2) is 9.97 Å². The summed E-state index contributed by atoms with van der Waals surface area (Å²) in [4.78, 5) is 8.76. The molecule has 2 heterocycles. The molecule has 0 fully saturated rings. The van der Waals surface area contributed by atoms with Gasteiger partial charge in [-0.1, -0.05) is 36.4 Å². The molecule has 3 nitrogen and oxygen atoms in total. The van der Waals surface area contributed by atoms with Crippen LogP contribution in [-0.2, 0) is 18.0 Å². The summed E-state index contributed by atoms with van der Waals surface area (Å²) in [7, 11) is 0. The second-order valence-electron chi connectivity index (χ2n) is 5.55. The highest BCUT2D eigenvalue weighted by atomic mass is 16.5. The van der Waals surface area contributed by atoms with Gasteiger partial charge >= 0.3 is 0 Å². The minimum atomic E-state index is 0.576. The van der Waals surface area contributed by atoms with Gasteiger partial charge in [-0.2, -0.15) is 0 Å². The van der Waals surface area contributed by atoms with Crippen LogP contribution in [0.2, 0.25) is 0 Å². The van der Waals surface area contributed by atoms with Crippen molar-refractivity contribution in [3.05, 3.63) is 84.2 Å². The SMILES string of the molecule is c1cnc2cc(COCc3ccc4cccnc4c3)ccc2c1. The first-order valence-corrected chi connectivity index (χ1v) is 7.63. The Morgan fingerprint density at radius 2 is 1.17 bits per heavy atom. The van der Waals surface area contributed by atoms with Crippen LogP contribution in [0, 0.1) is 0 Å². The van der Waals surface area contributed by atoms with E-state index < -0.39 is 0 Å². The Kier molecular flexibility index (Phi) is 3.70. The molecule has 0 atom stereocenters. The van der Waals surface area contributed by atoms with E-state index in [1.807, 2.05) is 24.5 Å². The van der Waals surface area contributed by atoms with E-state index in [2.05, 4.69) is 58.5 Å². The molecule has 4 aromatic rings. The summed E-state index contributed by atoms with van der Waals surface area (Å²) in [5.41, 5.74) is 4.28. The Labute approximate surface area is 134 Å². The Morgan fingerprint density at radius 3 is 1.70 bits per heavy atom. The van der Waals surface area contributed by atoms with Crippen molar-refractivity contribution in [3.63, 3.8) is 0 Å². The maximum absolute atomic E-state index is 5.85. The summed E-state index contributed by atoms with van der Waals surface area (Å²) in [5, 5.41) is 2.30. The minimum Gasteiger partial charge on any atom is -0.372 e. The molecule has 4 rings (SSSR count). The molecule has 0 N–H and O–H groups in total. The van der Waals surface area contributed by atoms with E-state index in [1.165, 1.54) is 0 Å². The van der Waals surface area contributed by atoms with Crippen molar-refractivity contribution in [1.29, 1.82) is 0 Å². The third-order valence-electron chi connectivity index (χ3n) is 3.88. The molecule has 2 aromatic heterocycles. The zero-order valence-electron chi connectivity index (χ0n) is 12.6. The summed E-state index contributed by atoms with van der Waals surface area (Å²) < 4.78 is 5.85. The quantitative estimate of drug-likeness (QED) is 0.556. The topological polar surface area (TPSA) is 35.0 Å². The largest absolute Gasteiger partial charge is 0.372 e. The molecule has 23 heavy (non-hydrogen) atoms. The van der Waals surface area contributed by atoms with Gasteiger partial charge in [-0.05, 0) is 35.4 Å². The lowest BCUT2D eigenvalue weighted by Crippen LogP contribution is -1.95. The van der Waals surface area contributed by atoms with E-state index in [1.54, 1.807) is 0 Å². The number of nitrogens with zero attached hydrogens (tertiary/aromatic N) is 2. The molecule has 0 saturated carbocycles. The number of fused-ring (bicyclic) bond motifs is 2. The standard InChI is InChI=1S/C20H16N2O/c1-3-17-7-5-15(11-19(17)21-9-1)13-23-14-16-6-8-18-4-2-10-22-20(18)12-16/h1-12H,13-14H2.